The smallest absolute Gasteiger partial charge is 0.334 e. The van der Waals surface area contributed by atoms with E-state index in [1.807, 2.05) is 37.3 Å². The highest BCUT2D eigenvalue weighted by molar-refractivity contribution is 6.31. The number of aromatic nitrogens is 2. The predicted molar refractivity (Wildman–Crippen MR) is 103 cm³/mol. The molecule has 0 saturated heterocycles. The van der Waals surface area contributed by atoms with Crippen LogP contribution in [0.1, 0.15) is 5.56 Å². The van der Waals surface area contributed by atoms with Gasteiger partial charge in [-0.1, -0.05) is 35.9 Å². The number of nitrogens with one attached hydrogen (secondary N) is 1. The standard InChI is InChI=1S/C18H16ClN5O2/c1-12-14(19)9-6-10-15(12)22-17-16(24(25)26)18(21-11-20-17)23(2)13-7-4-3-5-8-13/h3-11H,1-2H3,(H,20,21,22). The third-order valence-corrected chi connectivity index (χ3v) is 4.38. The first-order valence-electron chi connectivity index (χ1n) is 7.79. The number of hydrogen-bond donors (Lipinski definition) is 1. The second kappa shape index (κ2) is 7.37. The molecule has 0 saturated carbocycles. The lowest BCUT2D eigenvalue weighted by Crippen LogP contribution is -2.15. The Labute approximate surface area is 155 Å². The average molecular weight is 370 g/mol. The maximum Gasteiger partial charge on any atom is 0.354 e. The molecule has 0 fully saturated rings. The minimum absolute atomic E-state index is 0.105. The molecule has 0 atom stereocenters. The second-order valence-corrected chi connectivity index (χ2v) is 5.99. The second-order valence-electron chi connectivity index (χ2n) is 5.58. The molecular weight excluding hydrogens is 354 g/mol. The zero-order valence-corrected chi connectivity index (χ0v) is 14.9. The van der Waals surface area contributed by atoms with Gasteiger partial charge in [0.25, 0.3) is 0 Å². The van der Waals surface area contributed by atoms with Crippen molar-refractivity contribution in [3.63, 3.8) is 0 Å². The zero-order valence-electron chi connectivity index (χ0n) is 14.2. The Morgan fingerprint density at radius 3 is 2.54 bits per heavy atom. The first-order chi connectivity index (χ1) is 12.5. The van der Waals surface area contributed by atoms with Gasteiger partial charge in [-0.3, -0.25) is 10.1 Å². The number of anilines is 4. The van der Waals surface area contributed by atoms with E-state index in [9.17, 15) is 10.1 Å². The van der Waals surface area contributed by atoms with Gasteiger partial charge in [-0.05, 0) is 36.8 Å². The summed E-state index contributed by atoms with van der Waals surface area (Å²) in [4.78, 5) is 21.1. The summed E-state index contributed by atoms with van der Waals surface area (Å²) < 4.78 is 0. The van der Waals surface area contributed by atoms with Crippen molar-refractivity contribution < 1.29 is 4.92 Å². The molecule has 7 nitrogen and oxygen atoms in total. The molecule has 8 heteroatoms. The molecule has 0 spiro atoms. The van der Waals surface area contributed by atoms with E-state index in [4.69, 9.17) is 11.6 Å². The molecule has 26 heavy (non-hydrogen) atoms. The van der Waals surface area contributed by atoms with E-state index in [-0.39, 0.29) is 17.3 Å². The van der Waals surface area contributed by atoms with Crippen LogP contribution in [-0.4, -0.2) is 21.9 Å². The highest BCUT2D eigenvalue weighted by atomic mass is 35.5. The lowest BCUT2D eigenvalue weighted by Gasteiger charge is -2.19. The number of halogens is 1. The van der Waals surface area contributed by atoms with Crippen LogP contribution in [0, 0.1) is 17.0 Å². The SMILES string of the molecule is Cc1c(Cl)cccc1Nc1ncnc(N(C)c2ccccc2)c1[N+](=O)[O-]. The average Bonchev–Trinajstić information content (AvgIpc) is 2.65. The van der Waals surface area contributed by atoms with E-state index in [2.05, 4.69) is 15.3 Å². The molecule has 0 unspecified atom stereocenters. The number of hydrogen-bond acceptors (Lipinski definition) is 6. The summed E-state index contributed by atoms with van der Waals surface area (Å²) in [5.41, 5.74) is 1.99. The van der Waals surface area contributed by atoms with Crippen LogP contribution in [0.2, 0.25) is 5.02 Å². The number of nitrogens with zero attached hydrogens (tertiary/aromatic N) is 4. The first-order valence-corrected chi connectivity index (χ1v) is 8.17. The number of para-hydroxylation sites is 1. The first kappa shape index (κ1) is 17.6. The lowest BCUT2D eigenvalue weighted by molar-refractivity contribution is -0.383. The molecule has 1 N–H and O–H groups in total. The van der Waals surface area contributed by atoms with Gasteiger partial charge in [0.2, 0.25) is 11.6 Å². The quantitative estimate of drug-likeness (QED) is 0.510. The molecule has 1 heterocycles. The van der Waals surface area contributed by atoms with Gasteiger partial charge in [0.1, 0.15) is 6.33 Å². The maximum atomic E-state index is 11.8. The molecule has 0 bridgehead atoms. The summed E-state index contributed by atoms with van der Waals surface area (Å²) in [7, 11) is 1.72. The fraction of sp³-hybridized carbons (Fsp3) is 0.111. The Morgan fingerprint density at radius 1 is 1.12 bits per heavy atom. The molecule has 132 valence electrons. The number of nitro groups is 1. The Kier molecular flexibility index (Phi) is 4.99. The van der Waals surface area contributed by atoms with Gasteiger partial charge in [0.15, 0.2) is 0 Å². The van der Waals surface area contributed by atoms with Crippen LogP contribution < -0.4 is 10.2 Å². The van der Waals surface area contributed by atoms with Crippen molar-refractivity contribution >= 4 is 40.3 Å². The van der Waals surface area contributed by atoms with Crippen molar-refractivity contribution in [1.29, 1.82) is 0 Å². The van der Waals surface area contributed by atoms with Crippen molar-refractivity contribution in [2.45, 2.75) is 6.92 Å². The summed E-state index contributed by atoms with van der Waals surface area (Å²) in [6.45, 7) is 1.83. The molecule has 0 aliphatic carbocycles. The van der Waals surface area contributed by atoms with Crippen LogP contribution in [0.3, 0.4) is 0 Å². The van der Waals surface area contributed by atoms with Crippen LogP contribution in [0.25, 0.3) is 0 Å². The van der Waals surface area contributed by atoms with Crippen molar-refractivity contribution in [2.75, 3.05) is 17.3 Å². The van der Waals surface area contributed by atoms with E-state index in [1.54, 1.807) is 30.1 Å². The van der Waals surface area contributed by atoms with E-state index >= 15 is 0 Å². The minimum atomic E-state index is -0.489. The topological polar surface area (TPSA) is 84.2 Å². The van der Waals surface area contributed by atoms with Crippen molar-refractivity contribution in [1.82, 2.24) is 9.97 Å². The van der Waals surface area contributed by atoms with Gasteiger partial charge in [-0.25, -0.2) is 9.97 Å². The summed E-state index contributed by atoms with van der Waals surface area (Å²) in [6, 6.07) is 14.6. The Bertz CT molecular complexity index is 950. The lowest BCUT2D eigenvalue weighted by atomic mass is 10.2. The zero-order chi connectivity index (χ0) is 18.7. The monoisotopic (exact) mass is 369 g/mol. The Morgan fingerprint density at radius 2 is 1.85 bits per heavy atom. The Hall–Kier alpha value is -3.19. The highest BCUT2D eigenvalue weighted by Gasteiger charge is 2.26. The number of rotatable bonds is 5. The van der Waals surface area contributed by atoms with Crippen molar-refractivity contribution in [3.8, 4) is 0 Å². The van der Waals surface area contributed by atoms with Gasteiger partial charge in [-0.15, -0.1) is 0 Å². The fourth-order valence-electron chi connectivity index (χ4n) is 2.52. The highest BCUT2D eigenvalue weighted by Crippen LogP contribution is 2.37. The molecule has 1 aromatic heterocycles. The van der Waals surface area contributed by atoms with Crippen LogP contribution in [0.5, 0.6) is 0 Å². The van der Waals surface area contributed by atoms with E-state index in [1.165, 1.54) is 6.33 Å². The fourth-order valence-corrected chi connectivity index (χ4v) is 2.69. The van der Waals surface area contributed by atoms with Gasteiger partial charge < -0.3 is 10.2 Å². The summed E-state index contributed by atoms with van der Waals surface area (Å²) in [5, 5.41) is 15.3. The molecule has 2 aromatic carbocycles. The van der Waals surface area contributed by atoms with Crippen LogP contribution in [-0.2, 0) is 0 Å². The van der Waals surface area contributed by atoms with Crippen LogP contribution >= 0.6 is 11.6 Å². The van der Waals surface area contributed by atoms with Crippen LogP contribution in [0.15, 0.2) is 54.9 Å². The molecule has 3 rings (SSSR count). The van der Waals surface area contributed by atoms with E-state index in [0.717, 1.165) is 11.3 Å². The largest absolute Gasteiger partial charge is 0.354 e. The molecule has 0 radical (unpaired) electrons. The summed E-state index contributed by atoms with van der Waals surface area (Å²) >= 11 is 6.13. The molecule has 0 aliphatic heterocycles. The third kappa shape index (κ3) is 3.43. The third-order valence-electron chi connectivity index (χ3n) is 3.97. The normalized spacial score (nSPS) is 10.4. The van der Waals surface area contributed by atoms with Gasteiger partial charge in [-0.2, -0.15) is 0 Å². The molecular formula is C18H16ClN5O2. The molecule has 0 amide bonds. The summed E-state index contributed by atoms with van der Waals surface area (Å²) in [5.74, 6) is 0.298. The van der Waals surface area contributed by atoms with Gasteiger partial charge >= 0.3 is 5.69 Å². The van der Waals surface area contributed by atoms with Gasteiger partial charge in [0.05, 0.1) is 4.92 Å². The predicted octanol–water partition coefficient (Wildman–Crippen LogP) is 4.86. The van der Waals surface area contributed by atoms with E-state index < -0.39 is 4.92 Å². The minimum Gasteiger partial charge on any atom is -0.334 e. The Balaban J connectivity index is 2.07. The van der Waals surface area contributed by atoms with Crippen LogP contribution in [0.4, 0.5) is 28.7 Å². The molecule has 3 aromatic rings. The maximum absolute atomic E-state index is 11.8. The molecule has 0 aliphatic rings. The van der Waals surface area contributed by atoms with Crippen molar-refractivity contribution in [3.05, 3.63) is 75.6 Å². The summed E-state index contributed by atoms with van der Waals surface area (Å²) in [6.07, 6.45) is 1.30. The van der Waals surface area contributed by atoms with E-state index in [0.29, 0.717) is 10.7 Å². The number of benzene rings is 2. The van der Waals surface area contributed by atoms with Crippen molar-refractivity contribution in [2.24, 2.45) is 0 Å². The van der Waals surface area contributed by atoms with Gasteiger partial charge in [0, 0.05) is 23.4 Å².